The van der Waals surface area contributed by atoms with Gasteiger partial charge in [0.1, 0.15) is 5.75 Å². The fraction of sp³-hybridized carbons (Fsp3) is 0.304. The Morgan fingerprint density at radius 2 is 2.00 bits per heavy atom. The van der Waals surface area contributed by atoms with Crippen LogP contribution in [0.4, 0.5) is 5.69 Å². The molecule has 1 aromatic heterocycles. The van der Waals surface area contributed by atoms with E-state index in [9.17, 15) is 4.79 Å². The predicted molar refractivity (Wildman–Crippen MR) is 111 cm³/mol. The van der Waals surface area contributed by atoms with Gasteiger partial charge in [0.15, 0.2) is 17.2 Å². The first kappa shape index (κ1) is 18.5. The van der Waals surface area contributed by atoms with Gasteiger partial charge in [0.05, 0.1) is 13.2 Å². The number of carbonyl (C=O) groups excluding carboxylic acids is 1. The van der Waals surface area contributed by atoms with Crippen molar-refractivity contribution in [3.05, 3.63) is 65.0 Å². The van der Waals surface area contributed by atoms with E-state index in [1.807, 2.05) is 42.5 Å². The highest BCUT2D eigenvalue weighted by Gasteiger charge is 2.44. The first-order chi connectivity index (χ1) is 14.6. The minimum Gasteiger partial charge on any atom is -0.496 e. The molecule has 7 nitrogen and oxygen atoms in total. The maximum absolute atomic E-state index is 13.5. The molecule has 1 N–H and O–H groups in total. The second kappa shape index (κ2) is 7.09. The Morgan fingerprint density at radius 3 is 2.80 bits per heavy atom. The minimum atomic E-state index is -0.350. The Kier molecular flexibility index (Phi) is 4.38. The molecule has 30 heavy (non-hydrogen) atoms. The Bertz CT molecular complexity index is 1120. The Labute approximate surface area is 174 Å². The van der Waals surface area contributed by atoms with Gasteiger partial charge in [0, 0.05) is 28.6 Å². The molecule has 2 aliphatic heterocycles. The van der Waals surface area contributed by atoms with Crippen LogP contribution >= 0.6 is 0 Å². The van der Waals surface area contributed by atoms with E-state index in [1.165, 1.54) is 0 Å². The number of hydrogen-bond donors (Lipinski definition) is 1. The topological polar surface area (TPSA) is 76.7 Å². The molecule has 0 aliphatic carbocycles. The number of para-hydroxylation sites is 1. The van der Waals surface area contributed by atoms with Crippen LogP contribution in [0, 0.1) is 5.92 Å². The van der Waals surface area contributed by atoms with Gasteiger partial charge in [-0.15, -0.1) is 0 Å². The molecule has 0 fully saturated rings. The molecule has 0 spiro atoms. The Morgan fingerprint density at radius 1 is 1.20 bits per heavy atom. The number of hydrogen-bond acceptors (Lipinski definition) is 5. The van der Waals surface area contributed by atoms with E-state index < -0.39 is 0 Å². The molecule has 7 heteroatoms. The van der Waals surface area contributed by atoms with Crippen LogP contribution in [0.5, 0.6) is 17.2 Å². The van der Waals surface area contributed by atoms with E-state index in [1.54, 1.807) is 12.0 Å². The summed E-state index contributed by atoms with van der Waals surface area (Å²) < 4.78 is 16.6. The first-order valence-corrected chi connectivity index (χ1v) is 10.0. The van der Waals surface area contributed by atoms with Crippen LogP contribution in [0.3, 0.4) is 0 Å². The molecule has 0 saturated heterocycles. The van der Waals surface area contributed by atoms with Crippen molar-refractivity contribution in [2.24, 2.45) is 5.92 Å². The van der Waals surface area contributed by atoms with Gasteiger partial charge in [-0.2, -0.15) is 5.10 Å². The average molecular weight is 405 g/mol. The second-order valence-electron chi connectivity index (χ2n) is 7.92. The first-order valence-electron chi connectivity index (χ1n) is 10.0. The highest BCUT2D eigenvalue weighted by atomic mass is 16.7. The van der Waals surface area contributed by atoms with Gasteiger partial charge >= 0.3 is 0 Å². The number of aromatic nitrogens is 2. The number of benzene rings is 2. The fourth-order valence-electron chi connectivity index (χ4n) is 4.26. The molecule has 3 aromatic rings. The number of nitrogens with one attached hydrogen (secondary N) is 1. The van der Waals surface area contributed by atoms with Crippen LogP contribution < -0.4 is 19.1 Å². The Hall–Kier alpha value is -3.48. The highest BCUT2D eigenvalue weighted by Crippen LogP contribution is 2.47. The molecular formula is C23H23N3O4. The van der Waals surface area contributed by atoms with Gasteiger partial charge in [-0.3, -0.25) is 14.8 Å². The summed E-state index contributed by atoms with van der Waals surface area (Å²) in [6, 6.07) is 13.0. The fourth-order valence-corrected chi connectivity index (χ4v) is 4.26. The molecule has 0 saturated carbocycles. The Balaban J connectivity index is 1.69. The lowest BCUT2D eigenvalue weighted by atomic mass is 9.94. The van der Waals surface area contributed by atoms with Crippen LogP contribution in [0.1, 0.15) is 47.2 Å². The molecule has 1 amide bonds. The zero-order chi connectivity index (χ0) is 20.8. The molecule has 5 rings (SSSR count). The second-order valence-corrected chi connectivity index (χ2v) is 7.92. The smallest absolute Gasteiger partial charge is 0.280 e. The van der Waals surface area contributed by atoms with E-state index in [4.69, 9.17) is 14.2 Å². The number of ether oxygens (including phenoxy) is 3. The van der Waals surface area contributed by atoms with Gasteiger partial charge in [0.2, 0.25) is 6.79 Å². The van der Waals surface area contributed by atoms with Crippen LogP contribution in [-0.2, 0) is 6.42 Å². The van der Waals surface area contributed by atoms with E-state index in [-0.39, 0.29) is 18.7 Å². The normalized spacial score (nSPS) is 17.0. The lowest BCUT2D eigenvalue weighted by Crippen LogP contribution is -2.29. The van der Waals surface area contributed by atoms with E-state index in [0.29, 0.717) is 23.1 Å². The van der Waals surface area contributed by atoms with E-state index >= 15 is 0 Å². The van der Waals surface area contributed by atoms with Crippen molar-refractivity contribution in [1.82, 2.24) is 10.2 Å². The highest BCUT2D eigenvalue weighted by molar-refractivity contribution is 6.11. The number of nitrogens with zero attached hydrogens (tertiary/aromatic N) is 2. The van der Waals surface area contributed by atoms with Crippen molar-refractivity contribution in [1.29, 1.82) is 0 Å². The standard InChI is InChI=1S/C23H23N3O4/c1-13(2)10-16-20-21(25-24-16)23(27)26(14-8-9-18-19(11-14)30-12-29-18)22(20)15-6-4-5-7-17(15)28-3/h4-9,11,13,22H,10,12H2,1-3H3,(H,24,25). The molecular weight excluding hydrogens is 382 g/mol. The number of amides is 1. The average Bonchev–Trinajstić information content (AvgIpc) is 3.43. The summed E-state index contributed by atoms with van der Waals surface area (Å²) in [5.41, 5.74) is 3.99. The molecule has 1 unspecified atom stereocenters. The monoisotopic (exact) mass is 405 g/mol. The molecule has 1 atom stereocenters. The molecule has 2 aliphatic rings. The largest absolute Gasteiger partial charge is 0.496 e. The molecule has 0 radical (unpaired) electrons. The third-order valence-corrected chi connectivity index (χ3v) is 5.52. The summed E-state index contributed by atoms with van der Waals surface area (Å²) in [5.74, 6) is 2.31. The summed E-state index contributed by atoms with van der Waals surface area (Å²) in [6.45, 7) is 4.48. The molecule has 3 heterocycles. The number of fused-ring (bicyclic) bond motifs is 2. The number of H-pyrrole nitrogens is 1. The molecule has 0 bridgehead atoms. The van der Waals surface area contributed by atoms with Crippen LogP contribution in [0.25, 0.3) is 0 Å². The minimum absolute atomic E-state index is 0.147. The lowest BCUT2D eigenvalue weighted by Gasteiger charge is -2.28. The summed E-state index contributed by atoms with van der Waals surface area (Å²) >= 11 is 0. The zero-order valence-corrected chi connectivity index (χ0v) is 17.1. The third-order valence-electron chi connectivity index (χ3n) is 5.52. The predicted octanol–water partition coefficient (Wildman–Crippen LogP) is 4.10. The van der Waals surface area contributed by atoms with Crippen molar-refractivity contribution >= 4 is 11.6 Å². The number of anilines is 1. The van der Waals surface area contributed by atoms with Crippen molar-refractivity contribution in [3.8, 4) is 17.2 Å². The number of aromatic amines is 1. The van der Waals surface area contributed by atoms with Crippen LogP contribution in [0.2, 0.25) is 0 Å². The van der Waals surface area contributed by atoms with Crippen LogP contribution in [-0.4, -0.2) is 30.0 Å². The summed E-state index contributed by atoms with van der Waals surface area (Å²) in [4.78, 5) is 15.3. The van der Waals surface area contributed by atoms with Gasteiger partial charge in [-0.05, 0) is 30.5 Å². The maximum Gasteiger partial charge on any atom is 0.280 e. The van der Waals surface area contributed by atoms with E-state index in [0.717, 1.165) is 34.7 Å². The maximum atomic E-state index is 13.5. The number of methoxy groups -OCH3 is 1. The third kappa shape index (κ3) is 2.81. The van der Waals surface area contributed by atoms with E-state index in [2.05, 4.69) is 24.0 Å². The number of rotatable bonds is 5. The van der Waals surface area contributed by atoms with Crippen molar-refractivity contribution in [2.45, 2.75) is 26.3 Å². The lowest BCUT2D eigenvalue weighted by molar-refractivity contribution is 0.0988. The number of carbonyl (C=O) groups is 1. The quantitative estimate of drug-likeness (QED) is 0.692. The van der Waals surface area contributed by atoms with Gasteiger partial charge in [-0.1, -0.05) is 32.0 Å². The van der Waals surface area contributed by atoms with Crippen molar-refractivity contribution in [2.75, 3.05) is 18.8 Å². The van der Waals surface area contributed by atoms with Crippen molar-refractivity contribution < 1.29 is 19.0 Å². The summed E-state index contributed by atoms with van der Waals surface area (Å²) in [5, 5.41) is 7.50. The summed E-state index contributed by atoms with van der Waals surface area (Å²) in [6.07, 6.45) is 0.802. The molecule has 2 aromatic carbocycles. The molecule has 154 valence electrons. The van der Waals surface area contributed by atoms with Crippen molar-refractivity contribution in [3.63, 3.8) is 0 Å². The van der Waals surface area contributed by atoms with Gasteiger partial charge in [0.25, 0.3) is 5.91 Å². The van der Waals surface area contributed by atoms with Crippen LogP contribution in [0.15, 0.2) is 42.5 Å². The van der Waals surface area contributed by atoms with Gasteiger partial charge in [-0.25, -0.2) is 0 Å². The SMILES string of the molecule is COc1ccccc1C1c2c(n[nH]c2CC(C)C)C(=O)N1c1ccc2c(c1)OCO2. The van der Waals surface area contributed by atoms with Gasteiger partial charge < -0.3 is 14.2 Å². The zero-order valence-electron chi connectivity index (χ0n) is 17.1. The summed E-state index contributed by atoms with van der Waals surface area (Å²) in [7, 11) is 1.64.